The predicted octanol–water partition coefficient (Wildman–Crippen LogP) is 6.61. The van der Waals surface area contributed by atoms with E-state index in [1.165, 1.54) is 0 Å². The SMILES string of the molecule is C[C@]12CC[C@@H](O[Si](C)(C)C)CC1CC[C@@H]1[C@@H]2CC[C@]2(C)C(=O)[C@H](C(F)(F)F)C[C@@H]12. The van der Waals surface area contributed by atoms with E-state index in [1.54, 1.807) is 0 Å². The van der Waals surface area contributed by atoms with Gasteiger partial charge in [-0.05, 0) is 100 Å². The Morgan fingerprint density at radius 3 is 2.28 bits per heavy atom. The molecule has 0 aromatic rings. The largest absolute Gasteiger partial charge is 0.415 e. The number of carbonyl (C=O) groups excluding carboxylic acids is 1. The smallest absolute Gasteiger partial charge is 0.398 e. The van der Waals surface area contributed by atoms with E-state index in [4.69, 9.17) is 4.43 Å². The molecule has 0 aromatic heterocycles. The van der Waals surface area contributed by atoms with E-state index in [2.05, 4.69) is 26.6 Å². The molecule has 4 rings (SSSR count). The van der Waals surface area contributed by atoms with Crippen molar-refractivity contribution in [2.24, 2.45) is 40.4 Å². The van der Waals surface area contributed by atoms with Crippen molar-refractivity contribution >= 4 is 14.1 Å². The molecule has 1 unspecified atom stereocenters. The molecule has 0 radical (unpaired) electrons. The number of ketones is 1. The first-order valence-corrected chi connectivity index (χ1v) is 15.0. The van der Waals surface area contributed by atoms with Crippen LogP contribution in [0.15, 0.2) is 0 Å². The second kappa shape index (κ2) is 6.82. The molecule has 0 N–H and O–H groups in total. The van der Waals surface area contributed by atoms with E-state index in [-0.39, 0.29) is 23.7 Å². The van der Waals surface area contributed by atoms with Crippen LogP contribution in [0.1, 0.15) is 65.2 Å². The number of carbonyl (C=O) groups is 1. The topological polar surface area (TPSA) is 26.3 Å². The van der Waals surface area contributed by atoms with E-state index in [0.29, 0.717) is 24.4 Å². The molecule has 4 aliphatic carbocycles. The number of Topliss-reactive ketones (excluding diaryl/α,β-unsaturated/α-hetero) is 1. The highest BCUT2D eigenvalue weighted by Gasteiger charge is 2.66. The maximum Gasteiger partial charge on any atom is 0.398 e. The molecule has 0 spiro atoms. The van der Waals surface area contributed by atoms with Gasteiger partial charge in [0.25, 0.3) is 0 Å². The molecule has 0 aliphatic heterocycles. The molecule has 0 aromatic carbocycles. The summed E-state index contributed by atoms with van der Waals surface area (Å²) in [6.07, 6.45) is 2.93. The maximum absolute atomic E-state index is 13.5. The zero-order valence-electron chi connectivity index (χ0n) is 18.6. The molecule has 4 saturated carbocycles. The van der Waals surface area contributed by atoms with Gasteiger partial charge in [-0.15, -0.1) is 0 Å². The molecule has 0 bridgehead atoms. The van der Waals surface area contributed by atoms with Gasteiger partial charge in [0.15, 0.2) is 14.1 Å². The van der Waals surface area contributed by atoms with Gasteiger partial charge >= 0.3 is 6.18 Å². The fourth-order valence-corrected chi connectivity index (χ4v) is 9.14. The Morgan fingerprint density at radius 1 is 0.966 bits per heavy atom. The average molecular weight is 431 g/mol. The lowest BCUT2D eigenvalue weighted by Crippen LogP contribution is -2.54. The average Bonchev–Trinajstić information content (AvgIpc) is 2.86. The highest BCUT2D eigenvalue weighted by atomic mass is 28.4. The van der Waals surface area contributed by atoms with Crippen LogP contribution in [0, 0.1) is 40.4 Å². The maximum atomic E-state index is 13.5. The van der Waals surface area contributed by atoms with E-state index in [0.717, 1.165) is 38.5 Å². The third-order valence-corrected chi connectivity index (χ3v) is 10.3. The molecular weight excluding hydrogens is 393 g/mol. The van der Waals surface area contributed by atoms with Crippen molar-refractivity contribution in [1.29, 1.82) is 0 Å². The Bertz CT molecular complexity index is 672. The van der Waals surface area contributed by atoms with Gasteiger partial charge in [0, 0.05) is 11.5 Å². The van der Waals surface area contributed by atoms with Crippen molar-refractivity contribution < 1.29 is 22.4 Å². The van der Waals surface area contributed by atoms with Crippen molar-refractivity contribution in [3.05, 3.63) is 0 Å². The minimum atomic E-state index is -4.39. The van der Waals surface area contributed by atoms with Crippen molar-refractivity contribution in [3.63, 3.8) is 0 Å². The van der Waals surface area contributed by atoms with Gasteiger partial charge in [-0.1, -0.05) is 13.8 Å². The summed E-state index contributed by atoms with van der Waals surface area (Å²) in [5, 5.41) is 0. The Hall–Kier alpha value is -0.363. The lowest BCUT2D eigenvalue weighted by Gasteiger charge is -2.60. The third kappa shape index (κ3) is 3.54. The summed E-state index contributed by atoms with van der Waals surface area (Å²) < 4.78 is 47.0. The highest BCUT2D eigenvalue weighted by Crippen LogP contribution is 2.67. The van der Waals surface area contributed by atoms with E-state index in [1.807, 2.05) is 6.92 Å². The molecule has 6 heteroatoms. The zero-order chi connectivity index (χ0) is 21.4. The standard InChI is InChI=1S/C23H37F3O2Si/c1-21-10-8-15(28-29(3,4)5)12-14(21)6-7-16-17(21)9-11-22(2)18(16)13-19(20(22)27)23(24,25)26/h14-19H,6-13H2,1-5H3/t14?,15-,16-,17+,18+,19-,21+,22+/m1/s1. The van der Waals surface area contributed by atoms with Crippen LogP contribution < -0.4 is 0 Å². The van der Waals surface area contributed by atoms with Gasteiger partial charge in [-0.2, -0.15) is 13.2 Å². The summed E-state index contributed by atoms with van der Waals surface area (Å²) in [6, 6.07) is 0. The molecule has 4 fully saturated rings. The van der Waals surface area contributed by atoms with Gasteiger partial charge < -0.3 is 4.43 Å². The van der Waals surface area contributed by atoms with E-state index >= 15 is 0 Å². The van der Waals surface area contributed by atoms with Crippen LogP contribution in [0.3, 0.4) is 0 Å². The van der Waals surface area contributed by atoms with Gasteiger partial charge in [0.1, 0.15) is 5.92 Å². The van der Waals surface area contributed by atoms with E-state index in [9.17, 15) is 18.0 Å². The van der Waals surface area contributed by atoms with Gasteiger partial charge in [0.05, 0.1) is 0 Å². The quantitative estimate of drug-likeness (QED) is 0.461. The number of halogens is 3. The molecular formula is C23H37F3O2Si. The minimum absolute atomic E-state index is 0.0299. The number of rotatable bonds is 2. The number of hydrogen-bond acceptors (Lipinski definition) is 2. The first kappa shape index (κ1) is 21.9. The summed E-state index contributed by atoms with van der Waals surface area (Å²) in [5.74, 6) is -0.990. The fourth-order valence-electron chi connectivity index (χ4n) is 7.93. The second-order valence-corrected chi connectivity index (χ2v) is 16.4. The first-order chi connectivity index (χ1) is 13.3. The first-order valence-electron chi connectivity index (χ1n) is 11.5. The van der Waals surface area contributed by atoms with Crippen LogP contribution in [0.4, 0.5) is 13.2 Å². The third-order valence-electron chi connectivity index (χ3n) is 9.29. The summed E-state index contributed by atoms with van der Waals surface area (Å²) in [6.45, 7) is 11.0. The van der Waals surface area contributed by atoms with Crippen molar-refractivity contribution in [2.75, 3.05) is 0 Å². The molecule has 0 saturated heterocycles. The van der Waals surface area contributed by atoms with Gasteiger partial charge in [0.2, 0.25) is 0 Å². The molecule has 8 atom stereocenters. The molecule has 4 aliphatic rings. The molecule has 2 nitrogen and oxygen atoms in total. The van der Waals surface area contributed by atoms with Gasteiger partial charge in [-0.3, -0.25) is 4.79 Å². The fraction of sp³-hybridized carbons (Fsp3) is 0.957. The summed E-state index contributed by atoms with van der Waals surface area (Å²) in [5.41, 5.74) is -0.564. The molecule has 0 amide bonds. The molecule has 0 heterocycles. The van der Waals surface area contributed by atoms with Crippen molar-refractivity contribution in [2.45, 2.75) is 97.1 Å². The number of alkyl halides is 3. The zero-order valence-corrected chi connectivity index (χ0v) is 19.6. The Morgan fingerprint density at radius 2 is 1.66 bits per heavy atom. The summed E-state index contributed by atoms with van der Waals surface area (Å²) in [7, 11) is -1.56. The number of fused-ring (bicyclic) bond motifs is 5. The Labute approximate surface area is 174 Å². The Balaban J connectivity index is 1.54. The van der Waals surface area contributed by atoms with Crippen LogP contribution in [0.25, 0.3) is 0 Å². The summed E-state index contributed by atoms with van der Waals surface area (Å²) >= 11 is 0. The molecule has 166 valence electrons. The van der Waals surface area contributed by atoms with Crippen LogP contribution >= 0.6 is 0 Å². The lowest BCUT2D eigenvalue weighted by atomic mass is 9.45. The normalized spacial score (nSPS) is 48.1. The lowest BCUT2D eigenvalue weighted by molar-refractivity contribution is -0.180. The number of hydrogen-bond donors (Lipinski definition) is 0. The highest BCUT2D eigenvalue weighted by molar-refractivity contribution is 6.69. The summed E-state index contributed by atoms with van der Waals surface area (Å²) in [4.78, 5) is 12.8. The second-order valence-electron chi connectivity index (χ2n) is 11.9. The predicted molar refractivity (Wildman–Crippen MR) is 110 cm³/mol. The van der Waals surface area contributed by atoms with Crippen LogP contribution in [0.2, 0.25) is 19.6 Å². The van der Waals surface area contributed by atoms with Gasteiger partial charge in [-0.25, -0.2) is 0 Å². The van der Waals surface area contributed by atoms with Crippen LogP contribution in [-0.2, 0) is 9.22 Å². The van der Waals surface area contributed by atoms with Crippen molar-refractivity contribution in [3.8, 4) is 0 Å². The molecule has 29 heavy (non-hydrogen) atoms. The van der Waals surface area contributed by atoms with Crippen LogP contribution in [-0.4, -0.2) is 26.4 Å². The van der Waals surface area contributed by atoms with Crippen LogP contribution in [0.5, 0.6) is 0 Å². The minimum Gasteiger partial charge on any atom is -0.415 e. The monoisotopic (exact) mass is 430 g/mol. The van der Waals surface area contributed by atoms with E-state index < -0.39 is 31.6 Å². The van der Waals surface area contributed by atoms with Crippen molar-refractivity contribution in [1.82, 2.24) is 0 Å². The Kier molecular flexibility index (Phi) is 5.14.